The Morgan fingerprint density at radius 1 is 1.25 bits per heavy atom. The van der Waals surface area contributed by atoms with Crippen molar-refractivity contribution in [3.63, 3.8) is 0 Å². The quantitative estimate of drug-likeness (QED) is 0.935. The molecule has 0 unspecified atom stereocenters. The zero-order valence-corrected chi connectivity index (χ0v) is 12.3. The number of ether oxygens (including phenoxy) is 1. The summed E-state index contributed by atoms with van der Waals surface area (Å²) in [5.41, 5.74) is 1.66. The first-order chi connectivity index (χ1) is 9.63. The van der Waals surface area contributed by atoms with E-state index in [2.05, 4.69) is 21.2 Å². The zero-order chi connectivity index (χ0) is 14.5. The van der Waals surface area contributed by atoms with Crippen LogP contribution in [0.4, 0.5) is 5.69 Å². The van der Waals surface area contributed by atoms with E-state index in [1.54, 1.807) is 49.6 Å². The predicted molar refractivity (Wildman–Crippen MR) is 79.8 cm³/mol. The topological polar surface area (TPSA) is 62.1 Å². The highest BCUT2D eigenvalue weighted by molar-refractivity contribution is 9.10. The number of rotatable bonds is 3. The molecule has 100 valence electrons. The van der Waals surface area contributed by atoms with E-state index in [0.29, 0.717) is 27.0 Å². The number of hydrogen-bond donors (Lipinski definition) is 1. The number of halogens is 1. The van der Waals surface area contributed by atoms with Gasteiger partial charge in [0.1, 0.15) is 5.75 Å². The highest BCUT2D eigenvalue weighted by Crippen LogP contribution is 2.23. The Kier molecular flexibility index (Phi) is 4.38. The molecular formula is C15H11BrN2O2. The summed E-state index contributed by atoms with van der Waals surface area (Å²) in [6.45, 7) is 0. The molecule has 0 heterocycles. The molecule has 5 heteroatoms. The van der Waals surface area contributed by atoms with Crippen molar-refractivity contribution in [1.82, 2.24) is 0 Å². The van der Waals surface area contributed by atoms with Gasteiger partial charge < -0.3 is 10.1 Å². The van der Waals surface area contributed by atoms with Crippen LogP contribution in [0, 0.1) is 11.3 Å². The Labute approximate surface area is 125 Å². The summed E-state index contributed by atoms with van der Waals surface area (Å²) in [6, 6.07) is 13.9. The molecule has 20 heavy (non-hydrogen) atoms. The lowest BCUT2D eigenvalue weighted by Gasteiger charge is -2.08. The molecule has 4 nitrogen and oxygen atoms in total. The normalized spacial score (nSPS) is 9.65. The number of nitriles is 1. The number of nitrogens with zero attached hydrogens (tertiary/aromatic N) is 1. The van der Waals surface area contributed by atoms with Crippen LogP contribution >= 0.6 is 15.9 Å². The van der Waals surface area contributed by atoms with E-state index in [4.69, 9.17) is 10.00 Å². The molecule has 0 atom stereocenters. The van der Waals surface area contributed by atoms with E-state index >= 15 is 0 Å². The van der Waals surface area contributed by atoms with Gasteiger partial charge in [-0.2, -0.15) is 5.26 Å². The third kappa shape index (κ3) is 3.16. The Bertz CT molecular complexity index is 675. The predicted octanol–water partition coefficient (Wildman–Crippen LogP) is 3.58. The third-order valence-corrected chi connectivity index (χ3v) is 3.38. The van der Waals surface area contributed by atoms with Gasteiger partial charge in [-0.3, -0.25) is 4.79 Å². The molecule has 0 aromatic heterocycles. The van der Waals surface area contributed by atoms with Crippen molar-refractivity contribution in [2.45, 2.75) is 0 Å². The van der Waals surface area contributed by atoms with Crippen molar-refractivity contribution >= 4 is 27.5 Å². The summed E-state index contributed by atoms with van der Waals surface area (Å²) < 4.78 is 5.79. The van der Waals surface area contributed by atoms with Crippen molar-refractivity contribution in [1.29, 1.82) is 5.26 Å². The minimum Gasteiger partial charge on any atom is -0.497 e. The van der Waals surface area contributed by atoms with Gasteiger partial charge in [0.05, 0.1) is 24.3 Å². The molecule has 2 aromatic carbocycles. The molecule has 0 bridgehead atoms. The minimum absolute atomic E-state index is 0.250. The van der Waals surface area contributed by atoms with Crippen LogP contribution in [0.15, 0.2) is 46.9 Å². The lowest BCUT2D eigenvalue weighted by Crippen LogP contribution is -2.12. The Morgan fingerprint density at radius 3 is 2.55 bits per heavy atom. The van der Waals surface area contributed by atoms with E-state index in [9.17, 15) is 4.79 Å². The first-order valence-electron chi connectivity index (χ1n) is 5.79. The number of hydrogen-bond acceptors (Lipinski definition) is 3. The molecule has 0 radical (unpaired) electrons. The molecule has 1 amide bonds. The van der Waals surface area contributed by atoms with E-state index in [1.165, 1.54) is 0 Å². The van der Waals surface area contributed by atoms with Crippen molar-refractivity contribution < 1.29 is 9.53 Å². The van der Waals surface area contributed by atoms with Crippen LogP contribution in [0.1, 0.15) is 15.9 Å². The number of benzene rings is 2. The molecule has 0 aliphatic carbocycles. The summed E-state index contributed by atoms with van der Waals surface area (Å²) in [6.07, 6.45) is 0. The molecule has 0 spiro atoms. The largest absolute Gasteiger partial charge is 0.497 e. The Hall–Kier alpha value is -2.32. The first kappa shape index (κ1) is 14.1. The van der Waals surface area contributed by atoms with Gasteiger partial charge in [-0.05, 0) is 58.4 Å². The lowest BCUT2D eigenvalue weighted by molar-refractivity contribution is 0.102. The van der Waals surface area contributed by atoms with Crippen LogP contribution in [-0.2, 0) is 0 Å². The molecule has 0 fully saturated rings. The Morgan fingerprint density at radius 2 is 1.95 bits per heavy atom. The molecule has 1 N–H and O–H groups in total. The summed E-state index contributed by atoms with van der Waals surface area (Å²) in [4.78, 5) is 12.2. The van der Waals surface area contributed by atoms with Gasteiger partial charge in [-0.25, -0.2) is 0 Å². The fraction of sp³-hybridized carbons (Fsp3) is 0.0667. The zero-order valence-electron chi connectivity index (χ0n) is 10.7. The summed E-state index contributed by atoms with van der Waals surface area (Å²) in [7, 11) is 1.55. The van der Waals surface area contributed by atoms with E-state index in [0.717, 1.165) is 0 Å². The smallest absolute Gasteiger partial charge is 0.256 e. The summed E-state index contributed by atoms with van der Waals surface area (Å²) in [5, 5.41) is 11.5. The van der Waals surface area contributed by atoms with Crippen LogP contribution < -0.4 is 10.1 Å². The minimum atomic E-state index is -0.250. The highest BCUT2D eigenvalue weighted by atomic mass is 79.9. The van der Waals surface area contributed by atoms with Crippen LogP contribution in [0.5, 0.6) is 5.75 Å². The van der Waals surface area contributed by atoms with E-state index in [1.807, 2.05) is 6.07 Å². The van der Waals surface area contributed by atoms with Gasteiger partial charge in [-0.15, -0.1) is 0 Å². The average Bonchev–Trinajstić information content (AvgIpc) is 2.48. The second kappa shape index (κ2) is 6.22. The number of carbonyl (C=O) groups excluding carboxylic acids is 1. The highest BCUT2D eigenvalue weighted by Gasteiger charge is 2.11. The number of carbonyl (C=O) groups is 1. The van der Waals surface area contributed by atoms with Gasteiger partial charge in [0.15, 0.2) is 0 Å². The summed E-state index contributed by atoms with van der Waals surface area (Å²) >= 11 is 3.34. The second-order valence-corrected chi connectivity index (χ2v) is 4.84. The van der Waals surface area contributed by atoms with Gasteiger partial charge in [0.25, 0.3) is 5.91 Å². The molecule has 0 saturated carbocycles. The van der Waals surface area contributed by atoms with Gasteiger partial charge in [0, 0.05) is 10.2 Å². The number of amides is 1. The van der Waals surface area contributed by atoms with Crippen LogP contribution in [-0.4, -0.2) is 13.0 Å². The molecule has 2 aromatic rings. The van der Waals surface area contributed by atoms with Gasteiger partial charge >= 0.3 is 0 Å². The Balaban J connectivity index is 2.21. The van der Waals surface area contributed by atoms with Crippen molar-refractivity contribution in [2.75, 3.05) is 12.4 Å². The number of anilines is 1. The maximum Gasteiger partial charge on any atom is 0.256 e. The van der Waals surface area contributed by atoms with E-state index < -0.39 is 0 Å². The van der Waals surface area contributed by atoms with Crippen LogP contribution in [0.2, 0.25) is 0 Å². The summed E-state index contributed by atoms with van der Waals surface area (Å²) in [5.74, 6) is 0.360. The van der Waals surface area contributed by atoms with E-state index in [-0.39, 0.29) is 5.91 Å². The molecular weight excluding hydrogens is 320 g/mol. The molecule has 2 rings (SSSR count). The van der Waals surface area contributed by atoms with Crippen molar-refractivity contribution in [2.24, 2.45) is 0 Å². The third-order valence-electron chi connectivity index (χ3n) is 2.69. The van der Waals surface area contributed by atoms with Gasteiger partial charge in [-0.1, -0.05) is 0 Å². The van der Waals surface area contributed by atoms with Crippen LogP contribution in [0.25, 0.3) is 0 Å². The monoisotopic (exact) mass is 330 g/mol. The number of nitrogens with one attached hydrogen (secondary N) is 1. The van der Waals surface area contributed by atoms with Gasteiger partial charge in [0.2, 0.25) is 0 Å². The SMILES string of the molecule is COc1ccc(Br)c(C(=O)Nc2ccc(C#N)cc2)c1. The average molecular weight is 331 g/mol. The number of methoxy groups -OCH3 is 1. The van der Waals surface area contributed by atoms with Crippen molar-refractivity contribution in [3.05, 3.63) is 58.1 Å². The first-order valence-corrected chi connectivity index (χ1v) is 6.58. The molecule has 0 aliphatic heterocycles. The maximum absolute atomic E-state index is 12.2. The fourth-order valence-electron chi connectivity index (χ4n) is 1.63. The standard InChI is InChI=1S/C15H11BrN2O2/c1-20-12-6-7-14(16)13(8-12)15(19)18-11-4-2-10(9-17)3-5-11/h2-8H,1H3,(H,18,19). The molecule has 0 aliphatic rings. The molecule has 0 saturated heterocycles. The second-order valence-electron chi connectivity index (χ2n) is 3.99. The van der Waals surface area contributed by atoms with Crippen LogP contribution in [0.3, 0.4) is 0 Å². The maximum atomic E-state index is 12.2. The fourth-order valence-corrected chi connectivity index (χ4v) is 2.06. The van der Waals surface area contributed by atoms with Crippen molar-refractivity contribution in [3.8, 4) is 11.8 Å². The lowest BCUT2D eigenvalue weighted by atomic mass is 10.2.